The average Bonchev–Trinajstić information content (AvgIpc) is 2.84. The first kappa shape index (κ1) is 34.5. The molecule has 0 atom stereocenters. The van der Waals surface area contributed by atoms with E-state index < -0.39 is 0 Å². The fourth-order valence-corrected chi connectivity index (χ4v) is 3.91. The molecule has 37 heavy (non-hydrogen) atoms. The van der Waals surface area contributed by atoms with E-state index in [0.717, 1.165) is 71.0 Å². The predicted octanol–water partition coefficient (Wildman–Crippen LogP) is 3.19. The standard InChI is InChI=1S/C28H54N6O3/c29-26(35)17-13-9-5-1-3-7-11-15-19-32-20-23-34(24-21-33-25-28(31)37)22-16-12-8-4-2-6-10-14-18-27(30)36/h15-16,19,22,32-33H,1-14,17-18,20-21,23-25H2,(H2,29,35)(H2,30,36)(H2,31,37). The maximum atomic E-state index is 10.9. The lowest BCUT2D eigenvalue weighted by Gasteiger charge is -2.20. The van der Waals surface area contributed by atoms with Crippen LogP contribution in [0.5, 0.6) is 0 Å². The Hall–Kier alpha value is -2.55. The molecule has 0 unspecified atom stereocenters. The summed E-state index contributed by atoms with van der Waals surface area (Å²) < 4.78 is 0. The van der Waals surface area contributed by atoms with Gasteiger partial charge in [0, 0.05) is 39.0 Å². The molecule has 0 heterocycles. The molecular weight excluding hydrogens is 468 g/mol. The summed E-state index contributed by atoms with van der Waals surface area (Å²) >= 11 is 0. The highest BCUT2D eigenvalue weighted by Crippen LogP contribution is 2.10. The average molecular weight is 523 g/mol. The molecule has 214 valence electrons. The van der Waals surface area contributed by atoms with Crippen molar-refractivity contribution in [3.63, 3.8) is 0 Å². The third-order valence-corrected chi connectivity index (χ3v) is 6.06. The van der Waals surface area contributed by atoms with Crippen LogP contribution in [0.1, 0.15) is 103 Å². The summed E-state index contributed by atoms with van der Waals surface area (Å²) in [7, 11) is 0. The van der Waals surface area contributed by atoms with Crippen LogP contribution in [0.3, 0.4) is 0 Å². The molecule has 0 spiro atoms. The number of hydrogen-bond acceptors (Lipinski definition) is 6. The fourth-order valence-electron chi connectivity index (χ4n) is 3.91. The van der Waals surface area contributed by atoms with Gasteiger partial charge in [-0.05, 0) is 50.9 Å². The van der Waals surface area contributed by atoms with Crippen LogP contribution in [-0.4, -0.2) is 55.3 Å². The van der Waals surface area contributed by atoms with Gasteiger partial charge in [-0.25, -0.2) is 0 Å². The molecular formula is C28H54N6O3. The van der Waals surface area contributed by atoms with Crippen LogP contribution in [0.2, 0.25) is 0 Å². The molecule has 0 radical (unpaired) electrons. The molecule has 0 aromatic heterocycles. The van der Waals surface area contributed by atoms with Crippen molar-refractivity contribution < 1.29 is 14.4 Å². The van der Waals surface area contributed by atoms with Crippen LogP contribution in [0.4, 0.5) is 0 Å². The maximum absolute atomic E-state index is 10.9. The summed E-state index contributed by atoms with van der Waals surface area (Å²) in [4.78, 5) is 34.6. The van der Waals surface area contributed by atoms with Crippen LogP contribution < -0.4 is 27.8 Å². The zero-order valence-electron chi connectivity index (χ0n) is 23.1. The first-order chi connectivity index (χ1) is 17.9. The monoisotopic (exact) mass is 522 g/mol. The minimum atomic E-state index is -0.341. The van der Waals surface area contributed by atoms with Crippen LogP contribution in [0, 0.1) is 0 Å². The Morgan fingerprint density at radius 2 is 1.08 bits per heavy atom. The van der Waals surface area contributed by atoms with Crippen molar-refractivity contribution >= 4 is 17.7 Å². The molecule has 0 saturated heterocycles. The number of nitrogens with two attached hydrogens (primary N) is 3. The van der Waals surface area contributed by atoms with E-state index in [1.54, 1.807) is 0 Å². The van der Waals surface area contributed by atoms with Gasteiger partial charge >= 0.3 is 0 Å². The van der Waals surface area contributed by atoms with Gasteiger partial charge in [0.1, 0.15) is 0 Å². The molecule has 9 heteroatoms. The Labute approximate surface area is 225 Å². The van der Waals surface area contributed by atoms with E-state index >= 15 is 0 Å². The number of allylic oxidation sites excluding steroid dienone is 2. The highest BCUT2D eigenvalue weighted by atomic mass is 16.2. The third kappa shape index (κ3) is 29.6. The molecule has 0 aromatic rings. The number of carbonyl (C=O) groups is 3. The molecule has 0 fully saturated rings. The second-order valence-electron chi connectivity index (χ2n) is 9.67. The zero-order valence-corrected chi connectivity index (χ0v) is 23.1. The smallest absolute Gasteiger partial charge is 0.231 e. The van der Waals surface area contributed by atoms with Crippen molar-refractivity contribution in [2.75, 3.05) is 32.7 Å². The van der Waals surface area contributed by atoms with Crippen LogP contribution in [-0.2, 0) is 14.4 Å². The van der Waals surface area contributed by atoms with Gasteiger partial charge in [-0.15, -0.1) is 0 Å². The zero-order chi connectivity index (χ0) is 27.4. The molecule has 0 aliphatic rings. The molecule has 0 saturated carbocycles. The van der Waals surface area contributed by atoms with Crippen molar-refractivity contribution in [3.8, 4) is 0 Å². The second kappa shape index (κ2) is 26.5. The molecule has 0 rings (SSSR count). The molecule has 0 aliphatic carbocycles. The number of unbranched alkanes of at least 4 members (excludes halogenated alkanes) is 12. The van der Waals surface area contributed by atoms with Gasteiger partial charge < -0.3 is 32.7 Å². The summed E-state index contributed by atoms with van der Waals surface area (Å²) in [6.45, 7) is 3.45. The lowest BCUT2D eigenvalue weighted by molar-refractivity contribution is -0.119. The summed E-state index contributed by atoms with van der Waals surface area (Å²) in [6, 6.07) is 0. The van der Waals surface area contributed by atoms with E-state index in [9.17, 15) is 14.4 Å². The van der Waals surface area contributed by atoms with Crippen molar-refractivity contribution in [3.05, 3.63) is 24.6 Å². The quantitative estimate of drug-likeness (QED) is 0.0993. The molecule has 8 N–H and O–H groups in total. The van der Waals surface area contributed by atoms with E-state index in [-0.39, 0.29) is 24.3 Å². The van der Waals surface area contributed by atoms with Crippen LogP contribution in [0.15, 0.2) is 24.6 Å². The fraction of sp³-hybridized carbons (Fsp3) is 0.750. The number of carbonyl (C=O) groups excluding carboxylic acids is 3. The van der Waals surface area contributed by atoms with Crippen molar-refractivity contribution in [1.82, 2.24) is 15.5 Å². The van der Waals surface area contributed by atoms with Gasteiger partial charge in [0.15, 0.2) is 0 Å². The first-order valence-electron chi connectivity index (χ1n) is 14.3. The summed E-state index contributed by atoms with van der Waals surface area (Å²) in [5.41, 5.74) is 15.5. The van der Waals surface area contributed by atoms with Gasteiger partial charge in [-0.1, -0.05) is 63.5 Å². The minimum Gasteiger partial charge on any atom is -0.389 e. The molecule has 0 aromatic carbocycles. The van der Waals surface area contributed by atoms with E-state index in [1.807, 2.05) is 6.20 Å². The maximum Gasteiger partial charge on any atom is 0.231 e. The van der Waals surface area contributed by atoms with E-state index in [0.29, 0.717) is 19.4 Å². The Balaban J connectivity index is 3.95. The molecule has 0 bridgehead atoms. The van der Waals surface area contributed by atoms with Crippen LogP contribution >= 0.6 is 0 Å². The van der Waals surface area contributed by atoms with Crippen molar-refractivity contribution in [2.45, 2.75) is 103 Å². The number of hydrogen-bond donors (Lipinski definition) is 5. The van der Waals surface area contributed by atoms with E-state index in [2.05, 4.69) is 33.9 Å². The number of nitrogens with one attached hydrogen (secondary N) is 2. The molecule has 9 nitrogen and oxygen atoms in total. The predicted molar refractivity (Wildman–Crippen MR) is 152 cm³/mol. The van der Waals surface area contributed by atoms with Crippen LogP contribution in [0.25, 0.3) is 0 Å². The Morgan fingerprint density at radius 1 is 0.595 bits per heavy atom. The Kier molecular flexibility index (Phi) is 24.7. The SMILES string of the molecule is NC(=O)CCCCCCCCC=CNCCN(C=CCCCCCCCCC(N)=O)CCNCC(N)=O. The molecule has 3 amide bonds. The largest absolute Gasteiger partial charge is 0.389 e. The highest BCUT2D eigenvalue weighted by Gasteiger charge is 2.00. The second-order valence-corrected chi connectivity index (χ2v) is 9.67. The lowest BCUT2D eigenvalue weighted by atomic mass is 10.1. The van der Waals surface area contributed by atoms with Gasteiger partial charge in [-0.3, -0.25) is 14.4 Å². The van der Waals surface area contributed by atoms with E-state index in [1.165, 1.54) is 38.5 Å². The van der Waals surface area contributed by atoms with Gasteiger partial charge in [-0.2, -0.15) is 0 Å². The third-order valence-electron chi connectivity index (χ3n) is 6.06. The summed E-state index contributed by atoms with van der Waals surface area (Å²) in [6.07, 6.45) is 25.2. The van der Waals surface area contributed by atoms with Crippen molar-refractivity contribution in [1.29, 1.82) is 0 Å². The Bertz CT molecular complexity index is 639. The number of nitrogens with zero attached hydrogens (tertiary/aromatic N) is 1. The van der Waals surface area contributed by atoms with Gasteiger partial charge in [0.05, 0.1) is 6.54 Å². The van der Waals surface area contributed by atoms with E-state index in [4.69, 9.17) is 17.2 Å². The number of amides is 3. The number of rotatable bonds is 28. The summed E-state index contributed by atoms with van der Waals surface area (Å²) in [5.74, 6) is -0.746. The summed E-state index contributed by atoms with van der Waals surface area (Å²) in [5, 5.41) is 6.45. The molecule has 0 aliphatic heterocycles. The highest BCUT2D eigenvalue weighted by molar-refractivity contribution is 5.75. The van der Waals surface area contributed by atoms with Gasteiger partial charge in [0.2, 0.25) is 17.7 Å². The number of primary amides is 3. The normalized spacial score (nSPS) is 11.4. The Morgan fingerprint density at radius 3 is 1.62 bits per heavy atom. The lowest BCUT2D eigenvalue weighted by Crippen LogP contribution is -2.36. The topological polar surface area (TPSA) is 157 Å². The first-order valence-corrected chi connectivity index (χ1v) is 14.3. The van der Waals surface area contributed by atoms with Gasteiger partial charge in [0.25, 0.3) is 0 Å². The minimum absolute atomic E-state index is 0.200. The van der Waals surface area contributed by atoms with Crippen molar-refractivity contribution in [2.24, 2.45) is 17.2 Å².